The van der Waals surface area contributed by atoms with E-state index in [1.54, 1.807) is 6.07 Å². The Bertz CT molecular complexity index is 738. The van der Waals surface area contributed by atoms with Gasteiger partial charge in [-0.2, -0.15) is 5.26 Å². The van der Waals surface area contributed by atoms with Crippen LogP contribution in [0.4, 0.5) is 0 Å². The molecule has 2 aliphatic rings. The number of likely N-dealkylation sites (tertiary alicyclic amines) is 1. The van der Waals surface area contributed by atoms with Crippen molar-refractivity contribution >= 4 is 5.91 Å². The molecule has 1 aromatic rings. The van der Waals surface area contributed by atoms with Crippen LogP contribution in [-0.2, 0) is 11.3 Å². The van der Waals surface area contributed by atoms with Crippen LogP contribution < -0.4 is 5.73 Å². The highest BCUT2D eigenvalue weighted by atomic mass is 16.2. The second-order valence-electron chi connectivity index (χ2n) is 7.04. The fourth-order valence-electron chi connectivity index (χ4n) is 3.74. The van der Waals surface area contributed by atoms with Crippen LogP contribution >= 0.6 is 0 Å². The smallest absolute Gasteiger partial charge is 0.250 e. The van der Waals surface area contributed by atoms with Gasteiger partial charge in [-0.1, -0.05) is 18.2 Å². The van der Waals surface area contributed by atoms with Gasteiger partial charge >= 0.3 is 0 Å². The predicted molar refractivity (Wildman–Crippen MR) is 100 cm³/mol. The molecule has 138 valence electrons. The van der Waals surface area contributed by atoms with Crippen molar-refractivity contribution in [2.75, 3.05) is 19.6 Å². The van der Waals surface area contributed by atoms with Crippen LogP contribution in [0.25, 0.3) is 0 Å². The van der Waals surface area contributed by atoms with E-state index in [4.69, 9.17) is 5.73 Å². The van der Waals surface area contributed by atoms with Gasteiger partial charge in [-0.3, -0.25) is 9.69 Å². The Labute approximate surface area is 155 Å². The molecule has 2 atom stereocenters. The molecule has 0 spiro atoms. The summed E-state index contributed by atoms with van der Waals surface area (Å²) in [5.74, 6) is 0.967. The molecule has 1 fully saturated rings. The first-order valence-electron chi connectivity index (χ1n) is 9.32. The van der Waals surface area contributed by atoms with Crippen molar-refractivity contribution in [3.05, 3.63) is 47.4 Å². The highest BCUT2D eigenvalue weighted by molar-refractivity contribution is 5.84. The van der Waals surface area contributed by atoms with Crippen LogP contribution in [0.1, 0.15) is 37.8 Å². The van der Waals surface area contributed by atoms with Crippen molar-refractivity contribution in [1.82, 2.24) is 14.7 Å². The summed E-state index contributed by atoms with van der Waals surface area (Å²) >= 11 is 0. The van der Waals surface area contributed by atoms with Crippen molar-refractivity contribution < 1.29 is 4.79 Å². The minimum Gasteiger partial charge on any atom is -0.363 e. The third-order valence-electron chi connectivity index (χ3n) is 5.29. The van der Waals surface area contributed by atoms with E-state index < -0.39 is 0 Å². The van der Waals surface area contributed by atoms with Gasteiger partial charge in [0, 0.05) is 31.9 Å². The van der Waals surface area contributed by atoms with Crippen LogP contribution in [0.5, 0.6) is 0 Å². The van der Waals surface area contributed by atoms with Crippen LogP contribution in [0, 0.1) is 11.3 Å². The molecule has 0 aliphatic carbocycles. The zero-order chi connectivity index (χ0) is 18.7. The number of carbonyl (C=O) groups is 1. The molecule has 6 nitrogen and oxygen atoms in total. The van der Waals surface area contributed by atoms with Crippen molar-refractivity contribution in [1.29, 1.82) is 5.26 Å². The number of carbonyl (C=O) groups excluding carboxylic acids is 1. The number of hydrogen-bond acceptors (Lipinski definition) is 5. The molecule has 1 aromatic carbocycles. The second-order valence-corrected chi connectivity index (χ2v) is 7.04. The third kappa shape index (κ3) is 3.54. The lowest BCUT2D eigenvalue weighted by molar-refractivity contribution is -0.137. The first kappa shape index (κ1) is 18.3. The summed E-state index contributed by atoms with van der Waals surface area (Å²) in [5.41, 5.74) is 7.66. The molecule has 0 bridgehead atoms. The minimum atomic E-state index is -0.212. The lowest BCUT2D eigenvalue weighted by Gasteiger charge is -2.45. The number of amides is 1. The van der Waals surface area contributed by atoms with Gasteiger partial charge in [0.25, 0.3) is 5.91 Å². The maximum Gasteiger partial charge on any atom is 0.250 e. The average molecular weight is 353 g/mol. The van der Waals surface area contributed by atoms with Gasteiger partial charge in [0.15, 0.2) is 0 Å². The molecule has 1 saturated heterocycles. The summed E-state index contributed by atoms with van der Waals surface area (Å²) in [6, 6.07) is 9.62. The number of benzene rings is 1. The van der Waals surface area contributed by atoms with Gasteiger partial charge in [0.05, 0.1) is 18.2 Å². The topological polar surface area (TPSA) is 76.6 Å². The summed E-state index contributed by atoms with van der Waals surface area (Å²) in [6.07, 6.45) is 4.12. The first-order chi connectivity index (χ1) is 12.5. The average Bonchev–Trinajstić information content (AvgIpc) is 2.66. The Kier molecular flexibility index (Phi) is 5.48. The summed E-state index contributed by atoms with van der Waals surface area (Å²) in [4.78, 5) is 19.3. The maximum atomic E-state index is 13.1. The van der Waals surface area contributed by atoms with Gasteiger partial charge in [-0.05, 0) is 38.3 Å². The molecule has 0 radical (unpaired) electrons. The lowest BCUT2D eigenvalue weighted by Crippen LogP contribution is -2.54. The van der Waals surface area contributed by atoms with Gasteiger partial charge in [0.1, 0.15) is 11.9 Å². The number of piperidine rings is 1. The van der Waals surface area contributed by atoms with E-state index in [-0.39, 0.29) is 18.0 Å². The minimum absolute atomic E-state index is 0.0660. The zero-order valence-electron chi connectivity index (χ0n) is 15.6. The van der Waals surface area contributed by atoms with Gasteiger partial charge < -0.3 is 15.5 Å². The molecule has 0 saturated carbocycles. The van der Waals surface area contributed by atoms with Crippen molar-refractivity contribution in [3.63, 3.8) is 0 Å². The van der Waals surface area contributed by atoms with E-state index in [2.05, 4.69) is 29.0 Å². The molecule has 2 heterocycles. The predicted octanol–water partition coefficient (Wildman–Crippen LogP) is 1.83. The molecule has 1 amide bonds. The monoisotopic (exact) mass is 353 g/mol. The summed E-state index contributed by atoms with van der Waals surface area (Å²) in [5, 5.41) is 9.39. The largest absolute Gasteiger partial charge is 0.363 e. The van der Waals surface area contributed by atoms with Crippen molar-refractivity contribution in [2.45, 2.75) is 45.3 Å². The Balaban J connectivity index is 1.96. The second kappa shape index (κ2) is 7.79. The molecular formula is C20H27N5O. The molecular weight excluding hydrogens is 326 g/mol. The van der Waals surface area contributed by atoms with Gasteiger partial charge in [-0.25, -0.2) is 0 Å². The molecule has 2 N–H and O–H groups in total. The molecule has 2 aliphatic heterocycles. The Hall–Kier alpha value is -2.52. The van der Waals surface area contributed by atoms with Gasteiger partial charge in [0.2, 0.25) is 0 Å². The van der Waals surface area contributed by atoms with E-state index in [1.807, 2.05) is 30.0 Å². The van der Waals surface area contributed by atoms with Crippen molar-refractivity contribution in [3.8, 4) is 6.07 Å². The van der Waals surface area contributed by atoms with E-state index >= 15 is 0 Å². The van der Waals surface area contributed by atoms with E-state index in [1.165, 1.54) is 0 Å². The normalized spacial score (nSPS) is 23.7. The lowest BCUT2D eigenvalue weighted by atomic mass is 10.0. The Morgan fingerprint density at radius 3 is 2.81 bits per heavy atom. The first-order valence-corrected chi connectivity index (χ1v) is 9.32. The molecule has 26 heavy (non-hydrogen) atoms. The highest BCUT2D eigenvalue weighted by Gasteiger charge is 2.35. The van der Waals surface area contributed by atoms with E-state index in [9.17, 15) is 10.1 Å². The fraction of sp³-hybridized carbons (Fsp3) is 0.500. The number of hydrogen-bond donors (Lipinski definition) is 1. The number of likely N-dealkylation sites (N-methyl/N-ethyl adjacent to an activating group) is 1. The SMILES string of the molecule is CCN1C=C(N2CCC[C@@H](N)C2)N(Cc2ccccc2C#N)C(=O)C1C. The zero-order valence-corrected chi connectivity index (χ0v) is 15.6. The van der Waals surface area contributed by atoms with Crippen LogP contribution in [0.2, 0.25) is 0 Å². The molecule has 6 heteroatoms. The number of nitrogens with two attached hydrogens (primary N) is 1. The maximum absolute atomic E-state index is 13.1. The van der Waals surface area contributed by atoms with Crippen molar-refractivity contribution in [2.24, 2.45) is 5.73 Å². The molecule has 1 unspecified atom stereocenters. The number of rotatable bonds is 4. The van der Waals surface area contributed by atoms with Crippen LogP contribution in [-0.4, -0.2) is 52.3 Å². The molecule has 3 rings (SSSR count). The van der Waals surface area contributed by atoms with Crippen LogP contribution in [0.15, 0.2) is 36.3 Å². The molecule has 0 aromatic heterocycles. The van der Waals surface area contributed by atoms with E-state index in [0.717, 1.165) is 43.9 Å². The summed E-state index contributed by atoms with van der Waals surface area (Å²) < 4.78 is 0. The number of nitrogens with zero attached hydrogens (tertiary/aromatic N) is 4. The van der Waals surface area contributed by atoms with Gasteiger partial charge in [-0.15, -0.1) is 0 Å². The summed E-state index contributed by atoms with van der Waals surface area (Å²) in [6.45, 7) is 6.82. The Morgan fingerprint density at radius 2 is 2.12 bits per heavy atom. The highest BCUT2D eigenvalue weighted by Crippen LogP contribution is 2.27. The standard InChI is InChI=1S/C20H27N5O/c1-3-23-14-19(24-10-6-9-18(22)13-24)25(20(26)15(23)2)12-17-8-5-4-7-16(17)11-21/h4-5,7-8,14-15,18H,3,6,9-10,12-13,22H2,1-2H3/t15?,18-/m1/s1. The quantitative estimate of drug-likeness (QED) is 0.894. The summed E-state index contributed by atoms with van der Waals surface area (Å²) in [7, 11) is 0. The number of nitriles is 1. The Morgan fingerprint density at radius 1 is 1.35 bits per heavy atom. The van der Waals surface area contributed by atoms with E-state index in [0.29, 0.717) is 12.1 Å². The van der Waals surface area contributed by atoms with Crippen LogP contribution in [0.3, 0.4) is 0 Å². The third-order valence-corrected chi connectivity index (χ3v) is 5.29. The fourth-order valence-corrected chi connectivity index (χ4v) is 3.74.